The summed E-state index contributed by atoms with van der Waals surface area (Å²) < 4.78 is 10.6. The number of hydrogen-bond donors (Lipinski definition) is 2. The monoisotopic (exact) mass is 384 g/mol. The first-order valence-electron chi connectivity index (χ1n) is 10.4. The van der Waals surface area contributed by atoms with Gasteiger partial charge in [0.2, 0.25) is 0 Å². The summed E-state index contributed by atoms with van der Waals surface area (Å²) in [6.07, 6.45) is 3.76. The van der Waals surface area contributed by atoms with Gasteiger partial charge in [0.15, 0.2) is 0 Å². The minimum Gasteiger partial charge on any atom is -0.497 e. The Kier molecular flexibility index (Phi) is 6.63. The molecule has 4 atom stereocenters. The number of methoxy groups -OCH3 is 2. The fraction of sp³-hybridized carbons (Fsp3) is 0.500. The third-order valence-corrected chi connectivity index (χ3v) is 6.41. The number of hydrogen-bond acceptors (Lipinski definition) is 3. The topological polar surface area (TPSA) is 55.3 Å². The molecule has 4 unspecified atom stereocenters. The van der Waals surface area contributed by atoms with Crippen LogP contribution in [-0.2, 0) is 0 Å². The number of quaternary nitrogens is 1. The van der Waals surface area contributed by atoms with Crippen molar-refractivity contribution in [1.29, 1.82) is 0 Å². The van der Waals surface area contributed by atoms with Gasteiger partial charge in [0, 0.05) is 23.5 Å². The minimum atomic E-state index is -0.667. The summed E-state index contributed by atoms with van der Waals surface area (Å²) in [5, 5.41) is 14.1. The third-order valence-electron chi connectivity index (χ3n) is 6.41. The maximum atomic E-state index is 11.7. The third kappa shape index (κ3) is 4.34. The van der Waals surface area contributed by atoms with E-state index in [0.29, 0.717) is 0 Å². The fourth-order valence-electron chi connectivity index (χ4n) is 4.50. The van der Waals surface area contributed by atoms with Gasteiger partial charge in [-0.2, -0.15) is 0 Å². The Hall–Kier alpha value is -2.04. The van der Waals surface area contributed by atoms with Gasteiger partial charge in [-0.3, -0.25) is 0 Å². The van der Waals surface area contributed by atoms with E-state index in [1.807, 2.05) is 24.3 Å². The summed E-state index contributed by atoms with van der Waals surface area (Å²) >= 11 is 0. The predicted molar refractivity (Wildman–Crippen MR) is 112 cm³/mol. The zero-order chi connectivity index (χ0) is 20.1. The van der Waals surface area contributed by atoms with E-state index in [9.17, 15) is 5.11 Å². The summed E-state index contributed by atoms with van der Waals surface area (Å²) in [6, 6.07) is 17.0. The highest BCUT2D eigenvalue weighted by Crippen LogP contribution is 2.41. The quantitative estimate of drug-likeness (QED) is 0.758. The number of ether oxygens (including phenoxy) is 2. The van der Waals surface area contributed by atoms with Crippen molar-refractivity contribution in [1.82, 2.24) is 0 Å². The van der Waals surface area contributed by atoms with Crippen LogP contribution in [0.3, 0.4) is 0 Å². The van der Waals surface area contributed by atoms with Crippen molar-refractivity contribution in [2.75, 3.05) is 14.2 Å². The molecule has 0 aromatic heterocycles. The largest absolute Gasteiger partial charge is 0.497 e. The van der Waals surface area contributed by atoms with Gasteiger partial charge in [0.05, 0.1) is 19.8 Å². The molecule has 3 N–H and O–H groups in total. The van der Waals surface area contributed by atoms with Crippen LogP contribution < -0.4 is 14.8 Å². The van der Waals surface area contributed by atoms with Gasteiger partial charge in [-0.05, 0) is 55.0 Å². The molecule has 1 saturated heterocycles. The van der Waals surface area contributed by atoms with Crippen molar-refractivity contribution in [3.8, 4) is 11.5 Å². The number of unbranched alkanes of at least 4 members (excludes halogenated alkanes) is 1. The molecule has 0 radical (unpaired) electrons. The highest BCUT2D eigenvalue weighted by molar-refractivity contribution is 5.31. The number of aliphatic hydroxyl groups is 1. The average Bonchev–Trinajstić information content (AvgIpc) is 2.74. The molecule has 2 aromatic rings. The molecule has 1 heterocycles. The number of piperidine rings is 1. The second kappa shape index (κ2) is 8.97. The lowest BCUT2D eigenvalue weighted by Crippen LogP contribution is -2.91. The van der Waals surface area contributed by atoms with Crippen LogP contribution >= 0.6 is 0 Å². The Morgan fingerprint density at radius 1 is 0.964 bits per heavy atom. The van der Waals surface area contributed by atoms with Crippen LogP contribution in [0, 0.1) is 5.92 Å². The highest BCUT2D eigenvalue weighted by atomic mass is 16.5. The van der Waals surface area contributed by atoms with Crippen LogP contribution in [0.1, 0.15) is 62.7 Å². The van der Waals surface area contributed by atoms with E-state index in [2.05, 4.69) is 43.4 Å². The molecule has 1 aliphatic rings. The maximum absolute atomic E-state index is 11.7. The van der Waals surface area contributed by atoms with Crippen molar-refractivity contribution < 1.29 is 19.9 Å². The van der Waals surface area contributed by atoms with Crippen LogP contribution in [0.2, 0.25) is 0 Å². The van der Waals surface area contributed by atoms with Crippen molar-refractivity contribution in [2.24, 2.45) is 5.92 Å². The normalized spacial score (nSPS) is 27.4. The van der Waals surface area contributed by atoms with Gasteiger partial charge in [-0.25, -0.2) is 0 Å². The molecule has 2 aromatic carbocycles. The van der Waals surface area contributed by atoms with Gasteiger partial charge in [0.1, 0.15) is 23.6 Å². The maximum Gasteiger partial charge on any atom is 0.118 e. The molecule has 152 valence electrons. The second-order valence-electron chi connectivity index (χ2n) is 8.07. The van der Waals surface area contributed by atoms with Gasteiger partial charge in [0.25, 0.3) is 0 Å². The minimum absolute atomic E-state index is 0.168. The van der Waals surface area contributed by atoms with E-state index >= 15 is 0 Å². The Bertz CT molecular complexity index is 743. The Morgan fingerprint density at radius 2 is 1.50 bits per heavy atom. The standard InChI is InChI=1S/C24H33NO3/c1-5-6-15-24(26)16-22(18-7-11-20(27-3)12-8-18)25-23(17(24)2)19-9-13-21(28-4)14-10-19/h7-14,17,22-23,25-26H,5-6,15-16H2,1-4H3/p+1. The average molecular weight is 385 g/mol. The van der Waals surface area contributed by atoms with Crippen LogP contribution in [0.15, 0.2) is 48.5 Å². The smallest absolute Gasteiger partial charge is 0.118 e. The predicted octanol–water partition coefficient (Wildman–Crippen LogP) is 4.01. The fourth-order valence-corrected chi connectivity index (χ4v) is 4.50. The van der Waals surface area contributed by atoms with Crippen LogP contribution in [0.4, 0.5) is 0 Å². The molecular formula is C24H34NO3+. The lowest BCUT2D eigenvalue weighted by Gasteiger charge is -2.45. The molecule has 0 saturated carbocycles. The van der Waals surface area contributed by atoms with Crippen molar-refractivity contribution in [2.45, 2.75) is 57.2 Å². The number of nitrogens with two attached hydrogens (primary N) is 1. The lowest BCUT2D eigenvalue weighted by atomic mass is 9.70. The van der Waals surface area contributed by atoms with Crippen LogP contribution in [-0.4, -0.2) is 24.9 Å². The number of rotatable bonds is 7. The van der Waals surface area contributed by atoms with E-state index in [4.69, 9.17) is 9.47 Å². The Labute approximate surface area is 168 Å². The molecule has 4 heteroatoms. The first-order chi connectivity index (χ1) is 13.5. The molecule has 0 aliphatic carbocycles. The van der Waals surface area contributed by atoms with E-state index in [0.717, 1.165) is 37.2 Å². The molecule has 4 nitrogen and oxygen atoms in total. The summed E-state index contributed by atoms with van der Waals surface area (Å²) in [5.74, 6) is 1.89. The first-order valence-corrected chi connectivity index (χ1v) is 10.4. The summed E-state index contributed by atoms with van der Waals surface area (Å²) in [4.78, 5) is 0. The second-order valence-corrected chi connectivity index (χ2v) is 8.07. The summed E-state index contributed by atoms with van der Waals surface area (Å²) in [6.45, 7) is 4.39. The molecule has 0 amide bonds. The van der Waals surface area contributed by atoms with E-state index in [-0.39, 0.29) is 18.0 Å². The van der Waals surface area contributed by atoms with Gasteiger partial charge in [-0.15, -0.1) is 0 Å². The molecule has 0 bridgehead atoms. The van der Waals surface area contributed by atoms with E-state index < -0.39 is 5.60 Å². The molecule has 1 aliphatic heterocycles. The van der Waals surface area contributed by atoms with Crippen molar-refractivity contribution >= 4 is 0 Å². The molecule has 28 heavy (non-hydrogen) atoms. The van der Waals surface area contributed by atoms with Crippen molar-refractivity contribution in [3.05, 3.63) is 59.7 Å². The highest BCUT2D eigenvalue weighted by Gasteiger charge is 2.48. The Morgan fingerprint density at radius 3 is 2.00 bits per heavy atom. The zero-order valence-corrected chi connectivity index (χ0v) is 17.5. The van der Waals surface area contributed by atoms with Gasteiger partial charge >= 0.3 is 0 Å². The molecule has 1 fully saturated rings. The molecular weight excluding hydrogens is 350 g/mol. The number of benzene rings is 2. The van der Waals surface area contributed by atoms with Crippen LogP contribution in [0.25, 0.3) is 0 Å². The first kappa shape index (κ1) is 20.7. The molecule has 0 spiro atoms. The van der Waals surface area contributed by atoms with E-state index in [1.165, 1.54) is 11.1 Å². The summed E-state index contributed by atoms with van der Waals surface area (Å²) in [5.41, 5.74) is 1.81. The molecule has 3 rings (SSSR count). The van der Waals surface area contributed by atoms with Gasteiger partial charge < -0.3 is 19.9 Å². The SMILES string of the molecule is CCCCC1(O)CC(c2ccc(OC)cc2)[NH2+]C(c2ccc(OC)cc2)C1C. The van der Waals surface area contributed by atoms with Gasteiger partial charge in [-0.1, -0.05) is 26.7 Å². The Balaban J connectivity index is 1.92. The zero-order valence-electron chi connectivity index (χ0n) is 17.5. The lowest BCUT2D eigenvalue weighted by molar-refractivity contribution is -0.756. The van der Waals surface area contributed by atoms with Crippen LogP contribution in [0.5, 0.6) is 11.5 Å². The van der Waals surface area contributed by atoms with Crippen molar-refractivity contribution in [3.63, 3.8) is 0 Å². The summed E-state index contributed by atoms with van der Waals surface area (Å²) in [7, 11) is 3.38. The van der Waals surface area contributed by atoms with E-state index in [1.54, 1.807) is 14.2 Å².